The molecule has 280 valence electrons. The SMILES string of the molecule is CCCN(C[C@]1(O)CC[C@H]2[C@]34C=C[C@@]5(C=C3C(=O)c3ccc(F)c(F)c3)CC(O)CC[C@]5(C)[C@H]4CC[C@@]21C)C(=O)O[C@H]1C[C@@H](C)CC[C@@H]1C(C)C. The molecule has 7 aliphatic rings. The quantitative estimate of drug-likeness (QED) is 0.208. The number of aliphatic hydroxyl groups excluding tert-OH is 1. The van der Waals surface area contributed by atoms with Gasteiger partial charge in [-0.1, -0.05) is 66.2 Å². The number of Topliss-reactive ketones (excluding diaryl/α,β-unsaturated/α-hetero) is 1. The molecule has 2 spiro atoms. The molecule has 1 unspecified atom stereocenters. The van der Waals surface area contributed by atoms with Crippen LogP contribution in [0.5, 0.6) is 0 Å². The summed E-state index contributed by atoms with van der Waals surface area (Å²) in [6, 6.07) is 3.38. The van der Waals surface area contributed by atoms with E-state index in [1.807, 2.05) is 6.92 Å². The van der Waals surface area contributed by atoms with E-state index in [2.05, 4.69) is 52.8 Å². The third-order valence-corrected chi connectivity index (χ3v) is 15.6. The number of fused-ring (bicyclic) bond motifs is 1. The molecule has 2 N–H and O–H groups in total. The third-order valence-electron chi connectivity index (χ3n) is 15.6. The van der Waals surface area contributed by atoms with Crippen LogP contribution in [0.15, 0.2) is 42.0 Å². The van der Waals surface area contributed by atoms with Crippen molar-refractivity contribution in [2.45, 2.75) is 130 Å². The summed E-state index contributed by atoms with van der Waals surface area (Å²) in [6.07, 6.45) is 14.0. The fourth-order valence-corrected chi connectivity index (χ4v) is 12.7. The average Bonchev–Trinajstić information content (AvgIpc) is 3.35. The molecule has 1 aromatic carbocycles. The average molecular weight is 708 g/mol. The number of carbonyl (C=O) groups is 2. The zero-order valence-corrected chi connectivity index (χ0v) is 31.5. The number of hydrogen-bond donors (Lipinski definition) is 2. The summed E-state index contributed by atoms with van der Waals surface area (Å²) in [4.78, 5) is 30.5. The lowest BCUT2D eigenvalue weighted by Gasteiger charge is -2.71. The number of nitrogens with zero attached hydrogens (tertiary/aromatic N) is 1. The fraction of sp³-hybridized carbons (Fsp3) is 0.721. The maximum Gasteiger partial charge on any atom is 0.410 e. The maximum absolute atomic E-state index is 14.7. The highest BCUT2D eigenvalue weighted by Crippen LogP contribution is 2.78. The summed E-state index contributed by atoms with van der Waals surface area (Å²) < 4.78 is 35.0. The Morgan fingerprint density at radius 3 is 2.39 bits per heavy atom. The van der Waals surface area contributed by atoms with Crippen molar-refractivity contribution in [3.05, 3.63) is 59.2 Å². The Kier molecular flexibility index (Phi) is 9.21. The largest absolute Gasteiger partial charge is 0.446 e. The molecular formula is C43H59F2NO5. The van der Waals surface area contributed by atoms with Crippen molar-refractivity contribution in [2.24, 2.45) is 51.2 Å². The first-order valence-electron chi connectivity index (χ1n) is 19.8. The van der Waals surface area contributed by atoms with Gasteiger partial charge in [-0.25, -0.2) is 13.6 Å². The molecule has 1 amide bonds. The molecule has 11 atom stereocenters. The highest BCUT2D eigenvalue weighted by atomic mass is 19.2. The molecule has 0 saturated heterocycles. The summed E-state index contributed by atoms with van der Waals surface area (Å²) in [6.45, 7) is 13.8. The fourth-order valence-electron chi connectivity index (χ4n) is 12.7. The van der Waals surface area contributed by atoms with E-state index in [0.717, 1.165) is 57.1 Å². The van der Waals surface area contributed by atoms with E-state index in [1.165, 1.54) is 6.07 Å². The summed E-state index contributed by atoms with van der Waals surface area (Å²) in [5.41, 5.74) is -2.66. The molecule has 0 radical (unpaired) electrons. The molecule has 0 aliphatic heterocycles. The molecule has 0 heterocycles. The zero-order valence-electron chi connectivity index (χ0n) is 31.5. The predicted molar refractivity (Wildman–Crippen MR) is 193 cm³/mol. The van der Waals surface area contributed by atoms with Crippen LogP contribution in [-0.4, -0.2) is 57.9 Å². The van der Waals surface area contributed by atoms with Crippen molar-refractivity contribution in [1.82, 2.24) is 4.90 Å². The van der Waals surface area contributed by atoms with Crippen LogP contribution in [0.1, 0.15) is 123 Å². The van der Waals surface area contributed by atoms with Gasteiger partial charge in [-0.15, -0.1) is 0 Å². The standard InChI is InChI=1S/C43H59F2NO5/c1-7-20-46(38(49)51-34-21-27(4)8-10-30(34)26(2)3)25-42(50)17-14-36-40(42,6)16-13-35-39(5)15-12-29(47)23-41(39)18-19-43(35,36)31(24-41)37(48)28-9-11-32(44)33(45)22-28/h9,11,18-19,22,24,26-27,29-30,34-36,47,50H,7-8,10,12-17,20-21,23,25H2,1-6H3/t27-,29?,30+,34-,35+,36+,39+,40-,41-,42+,43+/m0/s1. The summed E-state index contributed by atoms with van der Waals surface area (Å²) >= 11 is 0. The van der Waals surface area contributed by atoms with E-state index in [1.54, 1.807) is 4.90 Å². The lowest BCUT2D eigenvalue weighted by molar-refractivity contribution is -0.175. The second-order valence-corrected chi connectivity index (χ2v) is 18.4. The van der Waals surface area contributed by atoms with E-state index in [0.29, 0.717) is 55.6 Å². The first-order chi connectivity index (χ1) is 24.0. The van der Waals surface area contributed by atoms with Crippen LogP contribution < -0.4 is 0 Å². The van der Waals surface area contributed by atoms with Crippen molar-refractivity contribution in [3.8, 4) is 0 Å². The lowest BCUT2D eigenvalue weighted by atomic mass is 9.32. The number of ether oxygens (including phenoxy) is 1. The first-order valence-corrected chi connectivity index (χ1v) is 19.8. The van der Waals surface area contributed by atoms with Crippen molar-refractivity contribution < 1.29 is 33.3 Å². The van der Waals surface area contributed by atoms with Crippen molar-refractivity contribution in [2.75, 3.05) is 13.1 Å². The topological polar surface area (TPSA) is 87.1 Å². The van der Waals surface area contributed by atoms with E-state index in [4.69, 9.17) is 4.74 Å². The van der Waals surface area contributed by atoms with Gasteiger partial charge in [0.05, 0.1) is 18.2 Å². The number of amides is 1. The molecule has 0 aromatic heterocycles. The van der Waals surface area contributed by atoms with Crippen molar-refractivity contribution in [1.29, 1.82) is 0 Å². The van der Waals surface area contributed by atoms with E-state index < -0.39 is 39.6 Å². The van der Waals surface area contributed by atoms with Gasteiger partial charge in [0.1, 0.15) is 6.10 Å². The van der Waals surface area contributed by atoms with Crippen LogP contribution in [0.3, 0.4) is 0 Å². The molecule has 8 rings (SSSR count). The number of benzene rings is 1. The molecule has 4 saturated carbocycles. The molecule has 1 aromatic rings. The highest BCUT2D eigenvalue weighted by Gasteiger charge is 2.74. The van der Waals surface area contributed by atoms with Gasteiger partial charge in [-0.3, -0.25) is 4.79 Å². The first kappa shape index (κ1) is 36.8. The second-order valence-electron chi connectivity index (χ2n) is 18.4. The van der Waals surface area contributed by atoms with Crippen LogP contribution in [0.25, 0.3) is 0 Å². The smallest absolute Gasteiger partial charge is 0.410 e. The van der Waals surface area contributed by atoms with Gasteiger partial charge < -0.3 is 19.8 Å². The van der Waals surface area contributed by atoms with Crippen LogP contribution in [-0.2, 0) is 4.74 Å². The Morgan fingerprint density at radius 2 is 1.69 bits per heavy atom. The number of halogens is 2. The molecule has 6 nitrogen and oxygen atoms in total. The summed E-state index contributed by atoms with van der Waals surface area (Å²) in [7, 11) is 0. The number of ketones is 1. The maximum atomic E-state index is 14.7. The van der Waals surface area contributed by atoms with Crippen LogP contribution in [0.4, 0.5) is 13.6 Å². The monoisotopic (exact) mass is 707 g/mol. The van der Waals surface area contributed by atoms with Gasteiger partial charge in [-0.2, -0.15) is 0 Å². The summed E-state index contributed by atoms with van der Waals surface area (Å²) in [5.74, 6) is -1.22. The second kappa shape index (κ2) is 12.8. The number of rotatable bonds is 8. The Balaban J connectivity index is 1.25. The van der Waals surface area contributed by atoms with Crippen LogP contribution in [0, 0.1) is 62.9 Å². The molecule has 4 fully saturated rings. The number of allylic oxidation sites excluding steroid dienone is 4. The Labute approximate surface area is 303 Å². The zero-order chi connectivity index (χ0) is 36.7. The van der Waals surface area contributed by atoms with Gasteiger partial charge in [0, 0.05) is 33.9 Å². The van der Waals surface area contributed by atoms with E-state index in [-0.39, 0.29) is 47.3 Å². The molecule has 2 bridgehead atoms. The molecule has 7 aliphatic carbocycles. The van der Waals surface area contributed by atoms with Crippen molar-refractivity contribution >= 4 is 11.9 Å². The van der Waals surface area contributed by atoms with Crippen molar-refractivity contribution in [3.63, 3.8) is 0 Å². The Bertz CT molecular complexity index is 1620. The minimum absolute atomic E-state index is 0.0649. The van der Waals surface area contributed by atoms with Gasteiger partial charge >= 0.3 is 6.09 Å². The highest BCUT2D eigenvalue weighted by molar-refractivity contribution is 6.10. The lowest BCUT2D eigenvalue weighted by Crippen LogP contribution is -2.67. The third kappa shape index (κ3) is 5.41. The Morgan fingerprint density at radius 1 is 0.980 bits per heavy atom. The van der Waals surface area contributed by atoms with Crippen LogP contribution >= 0.6 is 0 Å². The number of hydrogen-bond acceptors (Lipinski definition) is 5. The van der Waals surface area contributed by atoms with Gasteiger partial charge in [0.25, 0.3) is 0 Å². The molecular weight excluding hydrogens is 648 g/mol. The summed E-state index contributed by atoms with van der Waals surface area (Å²) in [5, 5.41) is 23.9. The van der Waals surface area contributed by atoms with E-state index in [9.17, 15) is 28.6 Å². The predicted octanol–water partition coefficient (Wildman–Crippen LogP) is 9.05. The number of aliphatic hydroxyl groups is 2. The van der Waals surface area contributed by atoms with Crippen LogP contribution in [0.2, 0.25) is 0 Å². The molecule has 51 heavy (non-hydrogen) atoms. The minimum atomic E-state index is -1.22. The van der Waals surface area contributed by atoms with Gasteiger partial charge in [-0.05, 0) is 117 Å². The Hall–Kier alpha value is -2.58. The van der Waals surface area contributed by atoms with E-state index >= 15 is 0 Å². The van der Waals surface area contributed by atoms with Gasteiger partial charge in [0.15, 0.2) is 17.4 Å². The minimum Gasteiger partial charge on any atom is -0.446 e. The number of carbonyl (C=O) groups excluding carboxylic acids is 2. The molecule has 8 heteroatoms. The normalized spacial score (nSPS) is 42.5. The van der Waals surface area contributed by atoms with Gasteiger partial charge in [0.2, 0.25) is 0 Å².